The second kappa shape index (κ2) is 6.52. The van der Waals surface area contributed by atoms with Gasteiger partial charge in [0.15, 0.2) is 0 Å². The Morgan fingerprint density at radius 3 is 2.25 bits per heavy atom. The van der Waals surface area contributed by atoms with Crippen LogP contribution in [0.25, 0.3) is 0 Å². The SMILES string of the molecule is CC(NC(C)C(=O)NC1CC1)C(=O)Nc1ccccc1. The van der Waals surface area contributed by atoms with E-state index >= 15 is 0 Å². The molecule has 2 unspecified atom stereocenters. The van der Waals surface area contributed by atoms with Crippen molar-refractivity contribution in [2.45, 2.75) is 44.8 Å². The predicted octanol–water partition coefficient (Wildman–Crippen LogP) is 1.27. The van der Waals surface area contributed by atoms with Crippen molar-refractivity contribution in [3.05, 3.63) is 30.3 Å². The van der Waals surface area contributed by atoms with Crippen LogP contribution in [0.2, 0.25) is 0 Å². The summed E-state index contributed by atoms with van der Waals surface area (Å²) in [6.45, 7) is 3.52. The van der Waals surface area contributed by atoms with Crippen molar-refractivity contribution in [1.82, 2.24) is 10.6 Å². The molecule has 1 aromatic rings. The minimum absolute atomic E-state index is 0.0492. The minimum atomic E-state index is -0.435. The Balaban J connectivity index is 1.79. The summed E-state index contributed by atoms with van der Waals surface area (Å²) in [6.07, 6.45) is 2.12. The number of para-hydroxylation sites is 1. The van der Waals surface area contributed by atoms with Gasteiger partial charge in [-0.05, 0) is 38.8 Å². The van der Waals surface area contributed by atoms with Crippen LogP contribution < -0.4 is 16.0 Å². The number of nitrogens with one attached hydrogen (secondary N) is 3. The fourth-order valence-corrected chi connectivity index (χ4v) is 1.85. The van der Waals surface area contributed by atoms with Gasteiger partial charge < -0.3 is 10.6 Å². The van der Waals surface area contributed by atoms with E-state index in [2.05, 4.69) is 16.0 Å². The second-order valence-corrected chi connectivity index (χ2v) is 5.25. The van der Waals surface area contributed by atoms with Crippen LogP contribution in [0.4, 0.5) is 5.69 Å². The number of rotatable bonds is 6. The highest BCUT2D eigenvalue weighted by atomic mass is 16.2. The van der Waals surface area contributed by atoms with Gasteiger partial charge in [-0.15, -0.1) is 0 Å². The monoisotopic (exact) mass is 275 g/mol. The molecule has 1 fully saturated rings. The number of carbonyl (C=O) groups is 2. The van der Waals surface area contributed by atoms with Gasteiger partial charge in [0.25, 0.3) is 0 Å². The number of anilines is 1. The summed E-state index contributed by atoms with van der Waals surface area (Å²) in [4.78, 5) is 23.8. The van der Waals surface area contributed by atoms with Crippen molar-refractivity contribution >= 4 is 17.5 Å². The van der Waals surface area contributed by atoms with Crippen LogP contribution >= 0.6 is 0 Å². The second-order valence-electron chi connectivity index (χ2n) is 5.25. The van der Waals surface area contributed by atoms with Gasteiger partial charge in [-0.1, -0.05) is 18.2 Å². The Labute approximate surface area is 119 Å². The van der Waals surface area contributed by atoms with Gasteiger partial charge in [0.1, 0.15) is 0 Å². The normalized spacial score (nSPS) is 17.1. The average Bonchev–Trinajstić information content (AvgIpc) is 3.23. The molecule has 2 atom stereocenters. The van der Waals surface area contributed by atoms with E-state index in [1.807, 2.05) is 30.3 Å². The predicted molar refractivity (Wildman–Crippen MR) is 78.3 cm³/mol. The molecule has 2 amide bonds. The van der Waals surface area contributed by atoms with Gasteiger partial charge in [0.05, 0.1) is 12.1 Å². The molecule has 0 bridgehead atoms. The Bertz CT molecular complexity index is 471. The lowest BCUT2D eigenvalue weighted by molar-refractivity contribution is -0.123. The first-order chi connectivity index (χ1) is 9.56. The van der Waals surface area contributed by atoms with Crippen LogP contribution in [0, 0.1) is 0 Å². The fourth-order valence-electron chi connectivity index (χ4n) is 1.85. The third-order valence-electron chi connectivity index (χ3n) is 3.25. The summed E-state index contributed by atoms with van der Waals surface area (Å²) in [5, 5.41) is 8.73. The number of carbonyl (C=O) groups excluding carboxylic acids is 2. The number of amides is 2. The van der Waals surface area contributed by atoms with Gasteiger partial charge in [-0.3, -0.25) is 14.9 Å². The Hall–Kier alpha value is -1.88. The molecule has 0 radical (unpaired) electrons. The van der Waals surface area contributed by atoms with Crippen molar-refractivity contribution in [3.63, 3.8) is 0 Å². The molecule has 1 aromatic carbocycles. The average molecular weight is 275 g/mol. The van der Waals surface area contributed by atoms with Crippen molar-refractivity contribution in [2.75, 3.05) is 5.32 Å². The van der Waals surface area contributed by atoms with Crippen LogP contribution in [0.3, 0.4) is 0 Å². The summed E-state index contributed by atoms with van der Waals surface area (Å²) in [5.41, 5.74) is 0.751. The molecule has 2 rings (SSSR count). The van der Waals surface area contributed by atoms with E-state index in [1.54, 1.807) is 13.8 Å². The first-order valence-corrected chi connectivity index (χ1v) is 6.98. The molecule has 1 aliphatic carbocycles. The van der Waals surface area contributed by atoms with Crippen molar-refractivity contribution in [1.29, 1.82) is 0 Å². The molecule has 0 heterocycles. The summed E-state index contributed by atoms with van der Waals surface area (Å²) < 4.78 is 0. The zero-order valence-electron chi connectivity index (χ0n) is 11.8. The van der Waals surface area contributed by atoms with E-state index in [9.17, 15) is 9.59 Å². The quantitative estimate of drug-likeness (QED) is 0.732. The Kier molecular flexibility index (Phi) is 4.74. The maximum atomic E-state index is 12.0. The minimum Gasteiger partial charge on any atom is -0.352 e. The molecule has 0 aliphatic heterocycles. The van der Waals surface area contributed by atoms with E-state index in [-0.39, 0.29) is 17.9 Å². The van der Waals surface area contributed by atoms with Crippen LogP contribution in [-0.2, 0) is 9.59 Å². The van der Waals surface area contributed by atoms with Gasteiger partial charge in [-0.2, -0.15) is 0 Å². The molecular weight excluding hydrogens is 254 g/mol. The molecule has 20 heavy (non-hydrogen) atoms. The molecule has 5 nitrogen and oxygen atoms in total. The maximum absolute atomic E-state index is 12.0. The topological polar surface area (TPSA) is 70.2 Å². The highest BCUT2D eigenvalue weighted by Gasteiger charge is 2.26. The zero-order chi connectivity index (χ0) is 14.5. The molecule has 3 N–H and O–H groups in total. The number of hydrogen-bond acceptors (Lipinski definition) is 3. The number of hydrogen-bond donors (Lipinski definition) is 3. The molecule has 0 saturated heterocycles. The van der Waals surface area contributed by atoms with Crippen LogP contribution in [0.15, 0.2) is 30.3 Å². The molecule has 0 aromatic heterocycles. The Morgan fingerprint density at radius 1 is 1.05 bits per heavy atom. The number of benzene rings is 1. The standard InChI is InChI=1S/C15H21N3O2/c1-10(14(19)17-12-6-4-3-5-7-12)16-11(2)15(20)18-13-8-9-13/h3-7,10-11,13,16H,8-9H2,1-2H3,(H,17,19)(H,18,20). The molecule has 1 aliphatic rings. The van der Waals surface area contributed by atoms with Crippen molar-refractivity contribution < 1.29 is 9.59 Å². The summed E-state index contributed by atoms with van der Waals surface area (Å²) in [7, 11) is 0. The lowest BCUT2D eigenvalue weighted by atomic mass is 10.2. The Morgan fingerprint density at radius 2 is 1.65 bits per heavy atom. The van der Waals surface area contributed by atoms with Gasteiger partial charge in [-0.25, -0.2) is 0 Å². The third-order valence-corrected chi connectivity index (χ3v) is 3.25. The molecular formula is C15H21N3O2. The van der Waals surface area contributed by atoms with Gasteiger partial charge in [0.2, 0.25) is 11.8 Å². The molecule has 5 heteroatoms. The van der Waals surface area contributed by atoms with E-state index in [0.29, 0.717) is 6.04 Å². The van der Waals surface area contributed by atoms with E-state index in [0.717, 1.165) is 18.5 Å². The van der Waals surface area contributed by atoms with Gasteiger partial charge in [0, 0.05) is 11.7 Å². The summed E-state index contributed by atoms with van der Waals surface area (Å²) >= 11 is 0. The highest BCUT2D eigenvalue weighted by molar-refractivity contribution is 5.95. The maximum Gasteiger partial charge on any atom is 0.241 e. The highest BCUT2D eigenvalue weighted by Crippen LogP contribution is 2.18. The fraction of sp³-hybridized carbons (Fsp3) is 0.467. The van der Waals surface area contributed by atoms with Crippen molar-refractivity contribution in [2.24, 2.45) is 0 Å². The largest absolute Gasteiger partial charge is 0.352 e. The van der Waals surface area contributed by atoms with Gasteiger partial charge >= 0.3 is 0 Å². The molecule has 108 valence electrons. The molecule has 1 saturated carbocycles. The van der Waals surface area contributed by atoms with Crippen LogP contribution in [0.1, 0.15) is 26.7 Å². The molecule has 0 spiro atoms. The van der Waals surface area contributed by atoms with Crippen molar-refractivity contribution in [3.8, 4) is 0 Å². The van der Waals surface area contributed by atoms with E-state index in [1.165, 1.54) is 0 Å². The smallest absolute Gasteiger partial charge is 0.241 e. The van der Waals surface area contributed by atoms with Crippen LogP contribution in [0.5, 0.6) is 0 Å². The van der Waals surface area contributed by atoms with Crippen LogP contribution in [-0.4, -0.2) is 29.9 Å². The summed E-state index contributed by atoms with van der Waals surface area (Å²) in [5.74, 6) is -0.200. The first-order valence-electron chi connectivity index (χ1n) is 6.98. The lowest BCUT2D eigenvalue weighted by Gasteiger charge is -2.19. The zero-order valence-corrected chi connectivity index (χ0v) is 11.8. The van der Waals surface area contributed by atoms with E-state index in [4.69, 9.17) is 0 Å². The lowest BCUT2D eigenvalue weighted by Crippen LogP contribution is -2.50. The van der Waals surface area contributed by atoms with E-state index < -0.39 is 6.04 Å². The third kappa shape index (κ3) is 4.35. The summed E-state index contributed by atoms with van der Waals surface area (Å²) in [6, 6.07) is 8.78. The first kappa shape index (κ1) is 14.5.